The average molecular weight is 414 g/mol. The van der Waals surface area contributed by atoms with Crippen LogP contribution < -0.4 is 4.90 Å². The Kier molecular flexibility index (Phi) is 5.71. The minimum Gasteiger partial charge on any atom is -0.369 e. The molecule has 2 saturated heterocycles. The largest absolute Gasteiger partial charge is 0.369 e. The smallest absolute Gasteiger partial charge is 0.294 e. The van der Waals surface area contributed by atoms with Crippen molar-refractivity contribution in [2.24, 2.45) is 0 Å². The average Bonchev–Trinajstić information content (AvgIpc) is 2.98. The van der Waals surface area contributed by atoms with Crippen molar-refractivity contribution in [3.63, 3.8) is 0 Å². The standard InChI is InChI=1S/C21H20ClN3O2S/c22-17-8-6-16(7-9-17)14-19-20(26)25(21(27)28-19)15-23-10-12-24(13-11-23)18-4-2-1-3-5-18/h1-9,14H,10-13,15H2/b19-14+. The molecule has 144 valence electrons. The number of rotatable bonds is 4. The van der Waals surface area contributed by atoms with Crippen molar-refractivity contribution < 1.29 is 9.59 Å². The lowest BCUT2D eigenvalue weighted by molar-refractivity contribution is -0.124. The monoisotopic (exact) mass is 413 g/mol. The van der Waals surface area contributed by atoms with E-state index in [9.17, 15) is 9.59 Å². The fourth-order valence-corrected chi connectivity index (χ4v) is 4.28. The molecule has 4 rings (SSSR count). The van der Waals surface area contributed by atoms with Gasteiger partial charge in [0.25, 0.3) is 11.1 Å². The number of piperazine rings is 1. The number of hydrogen-bond acceptors (Lipinski definition) is 5. The second-order valence-electron chi connectivity index (χ2n) is 6.74. The number of amides is 2. The molecule has 0 aliphatic carbocycles. The minimum absolute atomic E-state index is 0.212. The van der Waals surface area contributed by atoms with Gasteiger partial charge >= 0.3 is 0 Å². The predicted octanol–water partition coefficient (Wildman–Crippen LogP) is 4.16. The molecule has 0 N–H and O–H groups in total. The number of benzene rings is 2. The lowest BCUT2D eigenvalue weighted by Crippen LogP contribution is -2.50. The van der Waals surface area contributed by atoms with Crippen molar-refractivity contribution in [3.8, 4) is 0 Å². The number of carbonyl (C=O) groups excluding carboxylic acids is 2. The van der Waals surface area contributed by atoms with Gasteiger partial charge in [0.05, 0.1) is 11.6 Å². The number of hydrogen-bond donors (Lipinski definition) is 0. The summed E-state index contributed by atoms with van der Waals surface area (Å²) in [7, 11) is 0. The fraction of sp³-hybridized carbons (Fsp3) is 0.238. The molecule has 2 amide bonds. The molecule has 2 aliphatic rings. The third-order valence-corrected chi connectivity index (χ3v) is 6.04. The molecule has 0 bridgehead atoms. The van der Waals surface area contributed by atoms with Gasteiger partial charge in [0, 0.05) is 36.9 Å². The molecular formula is C21H20ClN3O2S. The van der Waals surface area contributed by atoms with E-state index in [1.165, 1.54) is 10.6 Å². The first-order valence-corrected chi connectivity index (χ1v) is 10.3. The zero-order valence-corrected chi connectivity index (χ0v) is 16.8. The van der Waals surface area contributed by atoms with Crippen LogP contribution >= 0.6 is 23.4 Å². The second kappa shape index (κ2) is 8.39. The van der Waals surface area contributed by atoms with E-state index in [0.29, 0.717) is 16.6 Å². The van der Waals surface area contributed by atoms with Gasteiger partial charge in [-0.2, -0.15) is 0 Å². The van der Waals surface area contributed by atoms with Crippen molar-refractivity contribution in [3.05, 3.63) is 70.1 Å². The van der Waals surface area contributed by atoms with Crippen LogP contribution in [0.3, 0.4) is 0 Å². The van der Waals surface area contributed by atoms with E-state index >= 15 is 0 Å². The third kappa shape index (κ3) is 4.24. The first-order valence-electron chi connectivity index (χ1n) is 9.13. The Morgan fingerprint density at radius 1 is 0.929 bits per heavy atom. The second-order valence-corrected chi connectivity index (χ2v) is 8.17. The van der Waals surface area contributed by atoms with E-state index in [-0.39, 0.29) is 11.1 Å². The van der Waals surface area contributed by atoms with Crippen LogP contribution in [0.15, 0.2) is 59.5 Å². The molecule has 0 spiro atoms. The molecule has 0 aromatic heterocycles. The highest BCUT2D eigenvalue weighted by Gasteiger charge is 2.36. The molecule has 0 radical (unpaired) electrons. The van der Waals surface area contributed by atoms with E-state index in [2.05, 4.69) is 21.9 Å². The lowest BCUT2D eigenvalue weighted by Gasteiger charge is -2.37. The highest BCUT2D eigenvalue weighted by atomic mass is 35.5. The Morgan fingerprint density at radius 2 is 1.61 bits per heavy atom. The minimum atomic E-state index is -0.226. The number of carbonyl (C=O) groups is 2. The number of para-hydroxylation sites is 1. The van der Waals surface area contributed by atoms with E-state index in [4.69, 9.17) is 11.6 Å². The number of halogens is 1. The van der Waals surface area contributed by atoms with Gasteiger partial charge in [-0.1, -0.05) is 41.9 Å². The maximum atomic E-state index is 12.7. The van der Waals surface area contributed by atoms with E-state index in [0.717, 1.165) is 43.5 Å². The molecule has 5 nitrogen and oxygen atoms in total. The van der Waals surface area contributed by atoms with Crippen molar-refractivity contribution >= 4 is 46.3 Å². The number of nitrogens with zero attached hydrogens (tertiary/aromatic N) is 3. The Balaban J connectivity index is 1.37. The summed E-state index contributed by atoms with van der Waals surface area (Å²) in [5.74, 6) is -0.226. The Hall–Kier alpha value is -2.28. The molecule has 2 aromatic rings. The van der Waals surface area contributed by atoms with Crippen molar-refractivity contribution in [2.45, 2.75) is 0 Å². The first-order chi connectivity index (χ1) is 13.6. The molecule has 2 fully saturated rings. The lowest BCUT2D eigenvalue weighted by atomic mass is 10.2. The molecule has 2 aromatic carbocycles. The maximum absolute atomic E-state index is 12.7. The number of anilines is 1. The SMILES string of the molecule is O=C1S/C(=C/c2ccc(Cl)cc2)C(=O)N1CN1CCN(c2ccccc2)CC1. The fourth-order valence-electron chi connectivity index (χ4n) is 3.32. The van der Waals surface area contributed by atoms with Crippen molar-refractivity contribution in [1.29, 1.82) is 0 Å². The summed E-state index contributed by atoms with van der Waals surface area (Å²) < 4.78 is 0. The van der Waals surface area contributed by atoms with Gasteiger partial charge in [-0.3, -0.25) is 19.4 Å². The van der Waals surface area contributed by atoms with Gasteiger partial charge < -0.3 is 4.90 Å². The quantitative estimate of drug-likeness (QED) is 0.704. The van der Waals surface area contributed by atoms with Crippen LogP contribution in [0, 0.1) is 0 Å². The van der Waals surface area contributed by atoms with Crippen LogP contribution in [-0.2, 0) is 4.79 Å². The Morgan fingerprint density at radius 3 is 2.29 bits per heavy atom. The van der Waals surface area contributed by atoms with Gasteiger partial charge in [0.1, 0.15) is 0 Å². The molecule has 28 heavy (non-hydrogen) atoms. The number of imide groups is 1. The van der Waals surface area contributed by atoms with Gasteiger partial charge in [-0.05, 0) is 47.7 Å². The molecule has 0 saturated carbocycles. The third-order valence-electron chi connectivity index (χ3n) is 4.88. The van der Waals surface area contributed by atoms with Crippen LogP contribution in [0.4, 0.5) is 10.5 Å². The number of thioether (sulfide) groups is 1. The van der Waals surface area contributed by atoms with E-state index in [1.807, 2.05) is 30.3 Å². The predicted molar refractivity (Wildman–Crippen MR) is 114 cm³/mol. The summed E-state index contributed by atoms with van der Waals surface area (Å²) in [6.07, 6.45) is 1.74. The summed E-state index contributed by atoms with van der Waals surface area (Å²) in [5.41, 5.74) is 2.06. The molecule has 0 atom stereocenters. The van der Waals surface area contributed by atoms with Gasteiger partial charge in [-0.25, -0.2) is 0 Å². The Labute approximate surface area is 173 Å². The van der Waals surface area contributed by atoms with Gasteiger partial charge in [0.2, 0.25) is 0 Å². The van der Waals surface area contributed by atoms with E-state index in [1.54, 1.807) is 18.2 Å². The molecule has 7 heteroatoms. The molecule has 2 heterocycles. The zero-order chi connectivity index (χ0) is 19.5. The van der Waals surface area contributed by atoms with Crippen LogP contribution in [0.1, 0.15) is 5.56 Å². The first kappa shape index (κ1) is 19.1. The van der Waals surface area contributed by atoms with Crippen LogP contribution in [0.2, 0.25) is 5.02 Å². The van der Waals surface area contributed by atoms with Crippen molar-refractivity contribution in [1.82, 2.24) is 9.80 Å². The van der Waals surface area contributed by atoms with Crippen LogP contribution in [-0.4, -0.2) is 53.8 Å². The zero-order valence-electron chi connectivity index (χ0n) is 15.3. The van der Waals surface area contributed by atoms with Gasteiger partial charge in [0.15, 0.2) is 0 Å². The summed E-state index contributed by atoms with van der Waals surface area (Å²) in [6, 6.07) is 17.5. The molecular weight excluding hydrogens is 394 g/mol. The summed E-state index contributed by atoms with van der Waals surface area (Å²) in [6.45, 7) is 3.71. The van der Waals surface area contributed by atoms with Crippen molar-refractivity contribution in [2.75, 3.05) is 37.7 Å². The highest BCUT2D eigenvalue weighted by Crippen LogP contribution is 2.32. The van der Waals surface area contributed by atoms with Crippen LogP contribution in [0.5, 0.6) is 0 Å². The maximum Gasteiger partial charge on any atom is 0.294 e. The molecule has 0 unspecified atom stereocenters. The van der Waals surface area contributed by atoms with E-state index < -0.39 is 0 Å². The van der Waals surface area contributed by atoms with Crippen LogP contribution in [0.25, 0.3) is 6.08 Å². The summed E-state index contributed by atoms with van der Waals surface area (Å²) >= 11 is 6.89. The highest BCUT2D eigenvalue weighted by molar-refractivity contribution is 8.18. The summed E-state index contributed by atoms with van der Waals surface area (Å²) in [5, 5.41) is 0.426. The topological polar surface area (TPSA) is 43.9 Å². The van der Waals surface area contributed by atoms with Gasteiger partial charge in [-0.15, -0.1) is 0 Å². The Bertz CT molecular complexity index is 894. The summed E-state index contributed by atoms with van der Waals surface area (Å²) in [4.78, 5) is 31.3. The molecule has 2 aliphatic heterocycles. The normalized spacial score (nSPS) is 19.7.